The quantitative estimate of drug-likeness (QED) is 0.197. The highest BCUT2D eigenvalue weighted by Gasteiger charge is 2.44. The van der Waals surface area contributed by atoms with Gasteiger partial charge in [-0.3, -0.25) is 0 Å². The molecule has 10 rings (SSSR count). The SMILES string of the molecule is c1ccc(-c2cc(-c3ccccc3)c3c4c2Oc2cc5oc6ccccc6c5cc2B4c2c(ccc4ccccc24)O3)cc1. The van der Waals surface area contributed by atoms with Gasteiger partial charge in [-0.15, -0.1) is 0 Å². The van der Waals surface area contributed by atoms with E-state index in [9.17, 15) is 0 Å². The molecule has 0 aliphatic carbocycles. The van der Waals surface area contributed by atoms with Crippen molar-refractivity contribution in [3.8, 4) is 45.3 Å². The summed E-state index contributed by atoms with van der Waals surface area (Å²) in [5.41, 5.74) is 9.32. The number of benzene rings is 7. The molecule has 204 valence electrons. The second kappa shape index (κ2) is 8.89. The smallest absolute Gasteiger partial charge is 0.261 e. The molecule has 44 heavy (non-hydrogen) atoms. The number of rotatable bonds is 2. The molecule has 0 saturated heterocycles. The molecule has 0 amide bonds. The molecule has 1 aromatic heterocycles. The molecule has 0 unspecified atom stereocenters. The van der Waals surface area contributed by atoms with Crippen LogP contribution in [0, 0.1) is 0 Å². The molecule has 4 heteroatoms. The number of ether oxygens (including phenoxy) is 2. The van der Waals surface area contributed by atoms with Crippen molar-refractivity contribution in [3.63, 3.8) is 0 Å². The third-order valence-corrected chi connectivity index (χ3v) is 9.19. The van der Waals surface area contributed by atoms with Crippen LogP contribution in [0.5, 0.6) is 23.0 Å². The van der Waals surface area contributed by atoms with E-state index in [2.05, 4.69) is 121 Å². The first-order valence-corrected chi connectivity index (χ1v) is 15.0. The van der Waals surface area contributed by atoms with Crippen molar-refractivity contribution in [2.24, 2.45) is 0 Å². The summed E-state index contributed by atoms with van der Waals surface area (Å²) >= 11 is 0. The van der Waals surface area contributed by atoms with Gasteiger partial charge in [0.25, 0.3) is 6.71 Å². The Morgan fingerprint density at radius 1 is 0.432 bits per heavy atom. The lowest BCUT2D eigenvalue weighted by Crippen LogP contribution is -2.57. The van der Waals surface area contributed by atoms with E-state index < -0.39 is 0 Å². The van der Waals surface area contributed by atoms with Crippen molar-refractivity contribution in [2.75, 3.05) is 0 Å². The van der Waals surface area contributed by atoms with Crippen molar-refractivity contribution < 1.29 is 13.9 Å². The Morgan fingerprint density at radius 2 is 1.07 bits per heavy atom. The van der Waals surface area contributed by atoms with E-state index in [4.69, 9.17) is 13.9 Å². The van der Waals surface area contributed by atoms with E-state index in [1.54, 1.807) is 0 Å². The number of fused-ring (bicyclic) bond motifs is 9. The average Bonchev–Trinajstić information content (AvgIpc) is 3.45. The topological polar surface area (TPSA) is 31.6 Å². The van der Waals surface area contributed by atoms with E-state index in [0.29, 0.717) is 0 Å². The van der Waals surface area contributed by atoms with Crippen molar-refractivity contribution in [1.29, 1.82) is 0 Å². The monoisotopic (exact) mass is 562 g/mol. The lowest BCUT2D eigenvalue weighted by molar-refractivity contribution is 0.467. The molecular formula is C40H23BO3. The molecule has 0 spiro atoms. The molecule has 8 aromatic rings. The molecule has 0 bridgehead atoms. The van der Waals surface area contributed by atoms with E-state index in [0.717, 1.165) is 83.6 Å². The van der Waals surface area contributed by atoms with Crippen molar-refractivity contribution in [2.45, 2.75) is 0 Å². The largest absolute Gasteiger partial charge is 0.458 e. The van der Waals surface area contributed by atoms with Gasteiger partial charge in [-0.05, 0) is 51.0 Å². The average molecular weight is 562 g/mol. The Labute approximate surface area is 254 Å². The summed E-state index contributed by atoms with van der Waals surface area (Å²) in [5, 5.41) is 4.56. The highest BCUT2D eigenvalue weighted by atomic mass is 16.5. The summed E-state index contributed by atoms with van der Waals surface area (Å²) in [4.78, 5) is 0. The first kappa shape index (κ1) is 23.8. The fourth-order valence-electron chi connectivity index (χ4n) is 7.24. The van der Waals surface area contributed by atoms with Gasteiger partial charge in [0, 0.05) is 33.4 Å². The zero-order valence-corrected chi connectivity index (χ0v) is 23.6. The number of para-hydroxylation sites is 1. The van der Waals surface area contributed by atoms with Crippen LogP contribution in [0.3, 0.4) is 0 Å². The summed E-state index contributed by atoms with van der Waals surface area (Å²) in [6.45, 7) is -0.109. The summed E-state index contributed by atoms with van der Waals surface area (Å²) in [6.07, 6.45) is 0. The highest BCUT2D eigenvalue weighted by Crippen LogP contribution is 2.47. The minimum Gasteiger partial charge on any atom is -0.458 e. The summed E-state index contributed by atoms with van der Waals surface area (Å²) in [5.74, 6) is 3.37. The highest BCUT2D eigenvalue weighted by molar-refractivity contribution is 7.00. The van der Waals surface area contributed by atoms with E-state index in [-0.39, 0.29) is 6.71 Å². The lowest BCUT2D eigenvalue weighted by atomic mass is 9.34. The molecule has 0 radical (unpaired) electrons. The summed E-state index contributed by atoms with van der Waals surface area (Å²) in [6, 6.07) is 48.7. The van der Waals surface area contributed by atoms with Gasteiger partial charge in [0.2, 0.25) is 0 Å². The van der Waals surface area contributed by atoms with E-state index in [1.165, 1.54) is 10.8 Å². The normalized spacial score (nSPS) is 12.9. The maximum atomic E-state index is 6.99. The van der Waals surface area contributed by atoms with Crippen LogP contribution in [0.4, 0.5) is 0 Å². The van der Waals surface area contributed by atoms with Gasteiger partial charge < -0.3 is 13.9 Å². The standard InChI is InChI=1S/C40H23BO3/c1-3-11-24(12-4-1)29-21-30(25-13-5-2-6-14-25)40-38-39(29)43-34-20-19-26-15-7-8-16-27(26)37(34)41(38)32-22-31-28-17-9-10-18-33(28)42-35(31)23-36(32)44-40/h1-23H. The maximum absolute atomic E-state index is 6.99. The fourth-order valence-corrected chi connectivity index (χ4v) is 7.24. The first-order chi connectivity index (χ1) is 21.8. The molecule has 0 saturated carbocycles. The van der Waals surface area contributed by atoms with Crippen molar-refractivity contribution in [3.05, 3.63) is 140 Å². The molecule has 3 heterocycles. The van der Waals surface area contributed by atoms with Gasteiger partial charge >= 0.3 is 0 Å². The zero-order valence-electron chi connectivity index (χ0n) is 23.6. The first-order valence-electron chi connectivity index (χ1n) is 15.0. The lowest BCUT2D eigenvalue weighted by Gasteiger charge is -2.36. The van der Waals surface area contributed by atoms with Gasteiger partial charge in [-0.1, -0.05) is 115 Å². The van der Waals surface area contributed by atoms with Crippen LogP contribution in [-0.2, 0) is 0 Å². The molecule has 0 fully saturated rings. The molecule has 0 atom stereocenters. The van der Waals surface area contributed by atoms with Crippen LogP contribution in [0.15, 0.2) is 144 Å². The van der Waals surface area contributed by atoms with Gasteiger partial charge in [0.1, 0.15) is 34.2 Å². The predicted molar refractivity (Wildman–Crippen MR) is 180 cm³/mol. The zero-order chi connectivity index (χ0) is 28.8. The molecule has 0 N–H and O–H groups in total. The number of hydrogen-bond acceptors (Lipinski definition) is 3. The van der Waals surface area contributed by atoms with E-state index in [1.807, 2.05) is 18.2 Å². The van der Waals surface area contributed by atoms with Gasteiger partial charge in [-0.25, -0.2) is 0 Å². The van der Waals surface area contributed by atoms with Crippen molar-refractivity contribution in [1.82, 2.24) is 0 Å². The Morgan fingerprint density at radius 3 is 1.82 bits per heavy atom. The second-order valence-electron chi connectivity index (χ2n) is 11.6. The molecule has 2 aliphatic heterocycles. The van der Waals surface area contributed by atoms with Crippen molar-refractivity contribution >= 4 is 55.8 Å². The number of hydrogen-bond donors (Lipinski definition) is 0. The number of furan rings is 1. The summed E-state index contributed by atoms with van der Waals surface area (Å²) < 4.78 is 20.3. The van der Waals surface area contributed by atoms with E-state index >= 15 is 0 Å². The van der Waals surface area contributed by atoms with Crippen LogP contribution in [0.2, 0.25) is 0 Å². The van der Waals surface area contributed by atoms with Crippen LogP contribution in [0.1, 0.15) is 0 Å². The molecular weight excluding hydrogens is 539 g/mol. The van der Waals surface area contributed by atoms with Crippen LogP contribution >= 0.6 is 0 Å². The van der Waals surface area contributed by atoms with Crippen LogP contribution in [-0.4, -0.2) is 6.71 Å². The maximum Gasteiger partial charge on any atom is 0.261 e. The summed E-state index contributed by atoms with van der Waals surface area (Å²) in [7, 11) is 0. The van der Waals surface area contributed by atoms with Gasteiger partial charge in [-0.2, -0.15) is 0 Å². The predicted octanol–water partition coefficient (Wildman–Crippen LogP) is 8.80. The Kier molecular flexibility index (Phi) is 4.80. The van der Waals surface area contributed by atoms with Gasteiger partial charge in [0.05, 0.1) is 0 Å². The minimum atomic E-state index is -0.109. The Bertz CT molecular complexity index is 2440. The van der Waals surface area contributed by atoms with Crippen LogP contribution in [0.25, 0.3) is 55.0 Å². The Balaban J connectivity index is 1.37. The Hall–Kier alpha value is -5.74. The third kappa shape index (κ3) is 3.28. The minimum absolute atomic E-state index is 0.109. The van der Waals surface area contributed by atoms with Crippen LogP contribution < -0.4 is 25.9 Å². The molecule has 3 nitrogen and oxygen atoms in total. The fraction of sp³-hybridized carbons (Fsp3) is 0. The third-order valence-electron chi connectivity index (χ3n) is 9.19. The molecule has 7 aromatic carbocycles. The molecule has 2 aliphatic rings. The second-order valence-corrected chi connectivity index (χ2v) is 11.6. The van der Waals surface area contributed by atoms with Gasteiger partial charge in [0.15, 0.2) is 0 Å².